The van der Waals surface area contributed by atoms with E-state index in [4.69, 9.17) is 11.6 Å². The molecule has 0 amide bonds. The maximum Gasteiger partial charge on any atom is 0.0737 e. The summed E-state index contributed by atoms with van der Waals surface area (Å²) in [6.07, 6.45) is 2.15. The van der Waals surface area contributed by atoms with Gasteiger partial charge in [0.15, 0.2) is 0 Å². The molecular weight excluding hydrogens is 236 g/mol. The number of hydrogen-bond acceptors (Lipinski definition) is 3. The fourth-order valence-corrected chi connectivity index (χ4v) is 1.81. The topological polar surface area (TPSA) is 45.1 Å². The molecule has 0 aliphatic heterocycles. The Balaban J connectivity index is 2.28. The van der Waals surface area contributed by atoms with Crippen molar-refractivity contribution in [1.29, 1.82) is 0 Å². The van der Waals surface area contributed by atoms with E-state index in [1.807, 2.05) is 31.2 Å². The fraction of sp³-hybridized carbons (Fsp3) is 0.308. The Labute approximate surface area is 105 Å². The van der Waals surface area contributed by atoms with Crippen LogP contribution in [0.25, 0.3) is 10.9 Å². The molecule has 0 radical (unpaired) electrons. The normalized spacial score (nSPS) is 12.6. The van der Waals surface area contributed by atoms with Crippen molar-refractivity contribution < 1.29 is 5.11 Å². The van der Waals surface area contributed by atoms with Gasteiger partial charge in [0.25, 0.3) is 0 Å². The maximum absolute atomic E-state index is 9.54. The maximum atomic E-state index is 9.54. The second-order valence-corrected chi connectivity index (χ2v) is 4.40. The Hall–Kier alpha value is -1.32. The Bertz CT molecular complexity index is 516. The first-order valence-corrected chi connectivity index (χ1v) is 6.04. The molecule has 2 rings (SSSR count). The lowest BCUT2D eigenvalue weighted by Gasteiger charge is -2.12. The van der Waals surface area contributed by atoms with Crippen LogP contribution in [0.15, 0.2) is 30.5 Å². The Morgan fingerprint density at radius 1 is 1.41 bits per heavy atom. The molecule has 0 saturated carbocycles. The summed E-state index contributed by atoms with van der Waals surface area (Å²) in [5.74, 6) is 0. The fourth-order valence-electron chi connectivity index (χ4n) is 1.65. The molecule has 0 spiro atoms. The number of hydrogen-bond donors (Lipinski definition) is 2. The van der Waals surface area contributed by atoms with Gasteiger partial charge in [-0.3, -0.25) is 4.98 Å². The molecule has 0 aliphatic rings. The van der Waals surface area contributed by atoms with Crippen molar-refractivity contribution >= 4 is 28.2 Å². The molecule has 1 unspecified atom stereocenters. The van der Waals surface area contributed by atoms with E-state index in [1.165, 1.54) is 0 Å². The predicted octanol–water partition coefficient (Wildman–Crippen LogP) is 3.07. The SMILES string of the molecule is CCC(O)CNc1ccnc2cc(Cl)ccc12. The second-order valence-electron chi connectivity index (χ2n) is 3.96. The number of aliphatic hydroxyl groups is 1. The quantitative estimate of drug-likeness (QED) is 0.877. The van der Waals surface area contributed by atoms with E-state index in [0.717, 1.165) is 23.0 Å². The number of anilines is 1. The summed E-state index contributed by atoms with van der Waals surface area (Å²) in [7, 11) is 0. The zero-order valence-corrected chi connectivity index (χ0v) is 10.4. The van der Waals surface area contributed by atoms with E-state index in [1.54, 1.807) is 6.20 Å². The highest BCUT2D eigenvalue weighted by Crippen LogP contribution is 2.24. The number of aromatic nitrogens is 1. The lowest BCUT2D eigenvalue weighted by atomic mass is 10.2. The molecular formula is C13H15ClN2O. The highest BCUT2D eigenvalue weighted by atomic mass is 35.5. The van der Waals surface area contributed by atoms with Gasteiger partial charge in [-0.25, -0.2) is 0 Å². The third-order valence-electron chi connectivity index (χ3n) is 2.70. The molecule has 1 atom stereocenters. The highest BCUT2D eigenvalue weighted by Gasteiger charge is 2.04. The lowest BCUT2D eigenvalue weighted by Crippen LogP contribution is -2.18. The smallest absolute Gasteiger partial charge is 0.0737 e. The molecule has 0 aliphatic carbocycles. The first-order valence-electron chi connectivity index (χ1n) is 5.67. The molecule has 4 heteroatoms. The molecule has 1 aromatic carbocycles. The summed E-state index contributed by atoms with van der Waals surface area (Å²) in [5.41, 5.74) is 1.83. The number of pyridine rings is 1. The van der Waals surface area contributed by atoms with Gasteiger partial charge in [0.1, 0.15) is 0 Å². The van der Waals surface area contributed by atoms with Crippen molar-refractivity contribution in [1.82, 2.24) is 4.98 Å². The van der Waals surface area contributed by atoms with Gasteiger partial charge in [0, 0.05) is 28.8 Å². The van der Waals surface area contributed by atoms with Crippen LogP contribution in [0.5, 0.6) is 0 Å². The molecule has 3 nitrogen and oxygen atoms in total. The standard InChI is InChI=1S/C13H15ClN2O/c1-2-10(17)8-16-12-5-6-15-13-7-9(14)3-4-11(12)13/h3-7,10,17H,2,8H2,1H3,(H,15,16). The van der Waals surface area contributed by atoms with Crippen LogP contribution < -0.4 is 5.32 Å². The van der Waals surface area contributed by atoms with Crippen molar-refractivity contribution in [3.05, 3.63) is 35.5 Å². The van der Waals surface area contributed by atoms with Crippen molar-refractivity contribution in [3.8, 4) is 0 Å². The van der Waals surface area contributed by atoms with Crippen LogP contribution in [0.1, 0.15) is 13.3 Å². The molecule has 0 saturated heterocycles. The van der Waals surface area contributed by atoms with Crippen LogP contribution in [-0.4, -0.2) is 22.7 Å². The zero-order chi connectivity index (χ0) is 12.3. The van der Waals surface area contributed by atoms with Crippen molar-refractivity contribution in [2.45, 2.75) is 19.4 Å². The van der Waals surface area contributed by atoms with Gasteiger partial charge >= 0.3 is 0 Å². The van der Waals surface area contributed by atoms with Crippen LogP contribution in [0.3, 0.4) is 0 Å². The molecule has 1 aromatic heterocycles. The lowest BCUT2D eigenvalue weighted by molar-refractivity contribution is 0.183. The van der Waals surface area contributed by atoms with Gasteiger partial charge < -0.3 is 10.4 Å². The summed E-state index contributed by atoms with van der Waals surface area (Å²) in [6, 6.07) is 7.51. The first-order chi connectivity index (χ1) is 8.20. The van der Waals surface area contributed by atoms with Gasteiger partial charge in [-0.15, -0.1) is 0 Å². The molecule has 0 bridgehead atoms. The number of aliphatic hydroxyl groups excluding tert-OH is 1. The highest BCUT2D eigenvalue weighted by molar-refractivity contribution is 6.31. The van der Waals surface area contributed by atoms with E-state index in [-0.39, 0.29) is 6.10 Å². The summed E-state index contributed by atoms with van der Waals surface area (Å²) in [6.45, 7) is 2.50. The largest absolute Gasteiger partial charge is 0.391 e. The van der Waals surface area contributed by atoms with Gasteiger partial charge in [-0.2, -0.15) is 0 Å². The monoisotopic (exact) mass is 250 g/mol. The third kappa shape index (κ3) is 2.87. The molecule has 17 heavy (non-hydrogen) atoms. The number of fused-ring (bicyclic) bond motifs is 1. The van der Waals surface area contributed by atoms with E-state index < -0.39 is 0 Å². The van der Waals surface area contributed by atoms with Gasteiger partial charge in [-0.05, 0) is 30.7 Å². The molecule has 2 aromatic rings. The summed E-state index contributed by atoms with van der Waals surface area (Å²) < 4.78 is 0. The summed E-state index contributed by atoms with van der Waals surface area (Å²) >= 11 is 5.92. The van der Waals surface area contributed by atoms with E-state index >= 15 is 0 Å². The minimum absolute atomic E-state index is 0.328. The van der Waals surface area contributed by atoms with E-state index in [9.17, 15) is 5.11 Å². The third-order valence-corrected chi connectivity index (χ3v) is 2.94. The van der Waals surface area contributed by atoms with Crippen LogP contribution in [0, 0.1) is 0 Å². The molecule has 0 fully saturated rings. The number of nitrogens with zero attached hydrogens (tertiary/aromatic N) is 1. The number of rotatable bonds is 4. The minimum atomic E-state index is -0.328. The van der Waals surface area contributed by atoms with Crippen LogP contribution >= 0.6 is 11.6 Å². The predicted molar refractivity (Wildman–Crippen MR) is 71.5 cm³/mol. The van der Waals surface area contributed by atoms with Gasteiger partial charge in [-0.1, -0.05) is 18.5 Å². The van der Waals surface area contributed by atoms with Gasteiger partial charge in [0.05, 0.1) is 11.6 Å². The Kier molecular flexibility index (Phi) is 3.82. The summed E-state index contributed by atoms with van der Waals surface area (Å²) in [4.78, 5) is 4.26. The van der Waals surface area contributed by atoms with Crippen LogP contribution in [0.2, 0.25) is 5.02 Å². The molecule has 2 N–H and O–H groups in total. The van der Waals surface area contributed by atoms with Crippen LogP contribution in [0.4, 0.5) is 5.69 Å². The molecule has 90 valence electrons. The van der Waals surface area contributed by atoms with Crippen molar-refractivity contribution in [2.24, 2.45) is 0 Å². The Morgan fingerprint density at radius 2 is 2.24 bits per heavy atom. The van der Waals surface area contributed by atoms with Crippen LogP contribution in [-0.2, 0) is 0 Å². The summed E-state index contributed by atoms with van der Waals surface area (Å²) in [5, 5.41) is 14.5. The van der Waals surface area contributed by atoms with Gasteiger partial charge in [0.2, 0.25) is 0 Å². The van der Waals surface area contributed by atoms with E-state index in [0.29, 0.717) is 11.6 Å². The average molecular weight is 251 g/mol. The minimum Gasteiger partial charge on any atom is -0.391 e. The Morgan fingerprint density at radius 3 is 3.00 bits per heavy atom. The van der Waals surface area contributed by atoms with Crippen molar-refractivity contribution in [2.75, 3.05) is 11.9 Å². The average Bonchev–Trinajstić information content (AvgIpc) is 2.35. The number of nitrogens with one attached hydrogen (secondary N) is 1. The second kappa shape index (κ2) is 5.34. The first kappa shape index (κ1) is 12.1. The number of halogens is 1. The number of benzene rings is 1. The van der Waals surface area contributed by atoms with Crippen molar-refractivity contribution in [3.63, 3.8) is 0 Å². The zero-order valence-electron chi connectivity index (χ0n) is 9.65. The molecule has 1 heterocycles. The van der Waals surface area contributed by atoms with E-state index in [2.05, 4.69) is 10.3 Å².